The fraction of sp³-hybridized carbons (Fsp3) is 0.258. The molecular formula is C31H31NO8. The maximum Gasteiger partial charge on any atom is 0.338 e. The highest BCUT2D eigenvalue weighted by Gasteiger charge is 2.28. The minimum Gasteiger partial charge on any atom is -0.465 e. The standard InChI is InChI=1S/C31H31NO8/c1-7-9-10-11-21(20(8-2)28(33)37-3)24-16-27(31(36)40-6)25(17-26(24)30(35)39-5)22-14-12-19(18-32)13-15-23(22)29(34)38-4/h7-9,12-17,19H,2,10-11H2,1,3-6H3/b9-7-,21-20-. The van der Waals surface area contributed by atoms with E-state index in [1.807, 2.05) is 19.1 Å². The average molecular weight is 546 g/mol. The molecule has 0 spiro atoms. The summed E-state index contributed by atoms with van der Waals surface area (Å²) in [5.41, 5.74) is 1.14. The first-order valence-corrected chi connectivity index (χ1v) is 12.2. The van der Waals surface area contributed by atoms with Crippen LogP contribution in [0.3, 0.4) is 0 Å². The van der Waals surface area contributed by atoms with Crippen LogP contribution in [0, 0.1) is 17.2 Å². The molecule has 1 unspecified atom stereocenters. The van der Waals surface area contributed by atoms with Crippen molar-refractivity contribution in [2.24, 2.45) is 5.92 Å². The summed E-state index contributed by atoms with van der Waals surface area (Å²) in [5, 5.41) is 9.43. The Bertz CT molecular complexity index is 1400. The zero-order chi connectivity index (χ0) is 29.8. The number of ether oxygens (including phenoxy) is 4. The van der Waals surface area contributed by atoms with Crippen LogP contribution in [0.1, 0.15) is 51.6 Å². The molecular weight excluding hydrogens is 514 g/mol. The molecule has 0 bridgehead atoms. The van der Waals surface area contributed by atoms with Crippen LogP contribution in [0.25, 0.3) is 11.1 Å². The molecule has 0 saturated heterocycles. The van der Waals surface area contributed by atoms with E-state index in [0.717, 1.165) is 0 Å². The van der Waals surface area contributed by atoms with E-state index in [1.54, 1.807) is 6.08 Å². The largest absolute Gasteiger partial charge is 0.465 e. The number of methoxy groups -OCH3 is 4. The maximum absolute atomic E-state index is 13.1. The first-order valence-electron chi connectivity index (χ1n) is 12.2. The highest BCUT2D eigenvalue weighted by molar-refractivity contribution is 6.10. The normalized spacial score (nSPS) is 15.1. The summed E-state index contributed by atoms with van der Waals surface area (Å²) in [5.74, 6) is -3.59. The second kappa shape index (κ2) is 14.8. The molecule has 0 saturated carbocycles. The fourth-order valence-electron chi connectivity index (χ4n) is 4.13. The number of carbonyl (C=O) groups is 4. The number of hydrogen-bond donors (Lipinski definition) is 0. The summed E-state index contributed by atoms with van der Waals surface area (Å²) in [7, 11) is 4.81. The van der Waals surface area contributed by atoms with E-state index in [9.17, 15) is 24.4 Å². The van der Waals surface area contributed by atoms with Gasteiger partial charge >= 0.3 is 23.9 Å². The summed E-state index contributed by atoms with van der Waals surface area (Å²) < 4.78 is 20.0. The van der Waals surface area contributed by atoms with Crippen molar-refractivity contribution in [3.63, 3.8) is 0 Å². The highest BCUT2D eigenvalue weighted by Crippen LogP contribution is 2.36. The summed E-state index contributed by atoms with van der Waals surface area (Å²) in [6, 6.07) is 4.89. The van der Waals surface area contributed by atoms with Gasteiger partial charge in [0.05, 0.1) is 62.7 Å². The average Bonchev–Trinajstić information content (AvgIpc) is 3.21. The van der Waals surface area contributed by atoms with Crippen LogP contribution in [0.5, 0.6) is 0 Å². The predicted octanol–water partition coefficient (Wildman–Crippen LogP) is 4.92. The third-order valence-electron chi connectivity index (χ3n) is 6.10. The van der Waals surface area contributed by atoms with Crippen LogP contribution in [0.4, 0.5) is 0 Å². The Morgan fingerprint density at radius 2 is 1.52 bits per heavy atom. The predicted molar refractivity (Wildman–Crippen MR) is 149 cm³/mol. The molecule has 0 aromatic heterocycles. The van der Waals surface area contributed by atoms with Crippen LogP contribution in [-0.4, -0.2) is 52.3 Å². The van der Waals surface area contributed by atoms with Crippen molar-refractivity contribution in [3.05, 3.63) is 94.6 Å². The lowest BCUT2D eigenvalue weighted by Crippen LogP contribution is -2.15. The van der Waals surface area contributed by atoms with Gasteiger partial charge in [0.2, 0.25) is 0 Å². The molecule has 1 aromatic rings. The van der Waals surface area contributed by atoms with Gasteiger partial charge in [0, 0.05) is 0 Å². The number of benzene rings is 1. The molecule has 208 valence electrons. The topological polar surface area (TPSA) is 129 Å². The number of hydrogen-bond acceptors (Lipinski definition) is 9. The molecule has 9 heteroatoms. The van der Waals surface area contributed by atoms with Crippen molar-refractivity contribution in [1.29, 1.82) is 5.26 Å². The molecule has 1 aromatic carbocycles. The van der Waals surface area contributed by atoms with Crippen molar-refractivity contribution in [2.45, 2.75) is 19.8 Å². The second-order valence-electron chi connectivity index (χ2n) is 8.31. The Hall–Kier alpha value is -4.97. The molecule has 1 aliphatic carbocycles. The fourth-order valence-corrected chi connectivity index (χ4v) is 4.13. The third kappa shape index (κ3) is 6.91. The number of rotatable bonds is 10. The van der Waals surface area contributed by atoms with Crippen molar-refractivity contribution >= 4 is 35.0 Å². The van der Waals surface area contributed by atoms with E-state index in [-0.39, 0.29) is 45.4 Å². The quantitative estimate of drug-likeness (QED) is 0.132. The van der Waals surface area contributed by atoms with E-state index in [4.69, 9.17) is 18.9 Å². The Kier molecular flexibility index (Phi) is 11.6. The number of carbonyl (C=O) groups excluding carboxylic acids is 4. The van der Waals surface area contributed by atoms with Crippen LogP contribution < -0.4 is 0 Å². The van der Waals surface area contributed by atoms with E-state index in [1.165, 1.54) is 64.9 Å². The van der Waals surface area contributed by atoms with E-state index in [2.05, 4.69) is 12.6 Å². The minimum absolute atomic E-state index is 0.00757. The van der Waals surface area contributed by atoms with Crippen LogP contribution in [0.15, 0.2) is 72.4 Å². The first-order chi connectivity index (χ1) is 19.2. The Morgan fingerprint density at radius 3 is 2.08 bits per heavy atom. The van der Waals surface area contributed by atoms with E-state index < -0.39 is 29.8 Å². The Balaban J connectivity index is 3.13. The van der Waals surface area contributed by atoms with Gasteiger partial charge in [-0.2, -0.15) is 5.26 Å². The van der Waals surface area contributed by atoms with Gasteiger partial charge in [-0.15, -0.1) is 0 Å². The smallest absolute Gasteiger partial charge is 0.338 e. The Morgan fingerprint density at radius 1 is 0.900 bits per heavy atom. The van der Waals surface area contributed by atoms with Gasteiger partial charge in [-0.25, -0.2) is 19.2 Å². The molecule has 0 aliphatic heterocycles. The van der Waals surface area contributed by atoms with E-state index in [0.29, 0.717) is 12.0 Å². The van der Waals surface area contributed by atoms with Crippen molar-refractivity contribution < 1.29 is 38.1 Å². The molecule has 2 rings (SSSR count). The lowest BCUT2D eigenvalue weighted by molar-refractivity contribution is -0.136. The summed E-state index contributed by atoms with van der Waals surface area (Å²) in [4.78, 5) is 51.7. The van der Waals surface area contributed by atoms with Gasteiger partial charge in [0.15, 0.2) is 0 Å². The highest BCUT2D eigenvalue weighted by atomic mass is 16.5. The Labute approximate surface area is 233 Å². The molecule has 40 heavy (non-hydrogen) atoms. The molecule has 0 radical (unpaired) electrons. The van der Waals surface area contributed by atoms with Crippen molar-refractivity contribution in [3.8, 4) is 6.07 Å². The SMILES string of the molecule is C=C/C(C(=O)OC)=C(\CC/C=C\C)c1cc(C(=O)OC)c(C2=C(C(=O)OC)C=CC(C#N)C=C2)cc1C(=O)OC. The molecule has 1 atom stereocenters. The molecule has 1 aliphatic rings. The molecule has 9 nitrogen and oxygen atoms in total. The van der Waals surface area contributed by atoms with Crippen molar-refractivity contribution in [1.82, 2.24) is 0 Å². The number of nitriles is 1. The zero-order valence-electron chi connectivity index (χ0n) is 23.1. The molecule has 0 amide bonds. The van der Waals surface area contributed by atoms with Gasteiger partial charge in [-0.3, -0.25) is 0 Å². The molecule has 0 fully saturated rings. The first kappa shape index (κ1) is 31.2. The van der Waals surface area contributed by atoms with E-state index >= 15 is 0 Å². The lowest BCUT2D eigenvalue weighted by Gasteiger charge is -2.19. The lowest BCUT2D eigenvalue weighted by atomic mass is 9.85. The zero-order valence-corrected chi connectivity index (χ0v) is 23.1. The monoisotopic (exact) mass is 545 g/mol. The summed E-state index contributed by atoms with van der Waals surface area (Å²) in [6.45, 7) is 5.59. The second-order valence-corrected chi connectivity index (χ2v) is 8.31. The molecule has 0 N–H and O–H groups in total. The van der Waals surface area contributed by atoms with Gasteiger partial charge in [-0.05, 0) is 60.2 Å². The van der Waals surface area contributed by atoms with Crippen LogP contribution in [0.2, 0.25) is 0 Å². The minimum atomic E-state index is -0.770. The third-order valence-corrected chi connectivity index (χ3v) is 6.10. The number of esters is 4. The van der Waals surface area contributed by atoms with Crippen molar-refractivity contribution in [2.75, 3.05) is 28.4 Å². The van der Waals surface area contributed by atoms with Crippen LogP contribution in [-0.2, 0) is 28.5 Å². The van der Waals surface area contributed by atoms with Gasteiger partial charge in [-0.1, -0.05) is 43.0 Å². The van der Waals surface area contributed by atoms with Gasteiger partial charge in [0.25, 0.3) is 0 Å². The van der Waals surface area contributed by atoms with Crippen LogP contribution >= 0.6 is 0 Å². The number of nitrogens with zero attached hydrogens (tertiary/aromatic N) is 1. The number of allylic oxidation sites excluding steroid dienone is 7. The summed E-state index contributed by atoms with van der Waals surface area (Å²) in [6.07, 6.45) is 11.8. The summed E-state index contributed by atoms with van der Waals surface area (Å²) >= 11 is 0. The van der Waals surface area contributed by atoms with Gasteiger partial charge < -0.3 is 18.9 Å². The van der Waals surface area contributed by atoms with Gasteiger partial charge in [0.1, 0.15) is 0 Å². The maximum atomic E-state index is 13.1. The molecule has 0 heterocycles.